The average molecular weight is 426 g/mol. The molecule has 0 aliphatic rings. The number of aliphatic hydroxyl groups is 1. The van der Waals surface area contributed by atoms with Gasteiger partial charge in [0, 0.05) is 22.0 Å². The number of carbonyl (C=O) groups is 1. The fraction of sp³-hybridized carbons (Fsp3) is 0.304. The third-order valence-corrected chi connectivity index (χ3v) is 3.94. The number of rotatable bonds is 9. The Bertz CT molecular complexity index is 1620. The molecule has 0 saturated carbocycles. The van der Waals surface area contributed by atoms with E-state index in [2.05, 4.69) is 4.98 Å². The van der Waals surface area contributed by atoms with Crippen LogP contribution >= 0.6 is 11.3 Å². The molecule has 3 aromatic rings. The molecule has 0 aliphatic heterocycles. The van der Waals surface area contributed by atoms with Crippen LogP contribution in [-0.2, 0) is 17.5 Å². The van der Waals surface area contributed by atoms with Crippen molar-refractivity contribution < 1.29 is 31.8 Å². The van der Waals surface area contributed by atoms with Crippen molar-refractivity contribution in [2.45, 2.75) is 44.9 Å². The lowest BCUT2D eigenvalue weighted by Gasteiger charge is -2.11. The molecule has 1 aromatic heterocycles. The largest absolute Gasteiger partial charge is 0.388 e. The van der Waals surface area contributed by atoms with Crippen molar-refractivity contribution >= 4 is 28.1 Å². The van der Waals surface area contributed by atoms with Gasteiger partial charge in [0.25, 0.3) is 0 Å². The molecule has 4 N–H and O–H groups in total. The van der Waals surface area contributed by atoms with Crippen LogP contribution in [-0.4, -0.2) is 16.0 Å². The Morgan fingerprint density at radius 2 is 2.00 bits per heavy atom. The first-order valence-corrected chi connectivity index (χ1v) is 9.09. The summed E-state index contributed by atoms with van der Waals surface area (Å²) in [6.07, 6.45) is -16.9. The van der Waals surface area contributed by atoms with E-state index in [1.807, 2.05) is 5.32 Å². The minimum atomic E-state index is -3.50. The van der Waals surface area contributed by atoms with Gasteiger partial charge in [-0.3, -0.25) is 4.79 Å². The second-order valence-electron chi connectivity index (χ2n) is 5.52. The standard InChI is InChI=1S/C23H27N3O2S/c1-16-6-10-18(11-7-16)21(27)5-3-2-4-17-8-12-19(13-9-17)25-22(28)14-20-15-29-23(24)26-20/h6-13,15,21,27H,2-5,14H2,1H3,(H2,24,26)(H,25,28)/t21-/m0/s1/i2D2,4D2,5D2,6D,7D,8D,9D,10D,11D,12D,13D,14D2. The SMILES string of the molecule is [2H]c1c([2H])c([C@@H](O)C([2H])([2H])CC([2H])([2H])C([2H])([2H])c2c([2H])c([2H])c(NC(=O)C([2H])([2H])c3csc(N)n3)c([2H])c2[2H])c([2H])c([2H])c1C. The molecule has 1 atom stereocenters. The zero-order chi connectivity index (χ0) is 34.8. The van der Waals surface area contributed by atoms with Crippen molar-refractivity contribution in [2.24, 2.45) is 0 Å². The maximum atomic E-state index is 12.8. The highest BCUT2D eigenvalue weighted by atomic mass is 32.1. The maximum Gasteiger partial charge on any atom is 0.230 e. The minimum Gasteiger partial charge on any atom is -0.388 e. The molecule has 0 saturated heterocycles. The lowest BCUT2D eigenvalue weighted by molar-refractivity contribution is -0.115. The number of carbonyl (C=O) groups excluding carboxylic acids is 1. The predicted octanol–water partition coefficient (Wildman–Crippen LogP) is 4.66. The van der Waals surface area contributed by atoms with Gasteiger partial charge in [-0.2, -0.15) is 0 Å². The monoisotopic (exact) mass is 425 g/mol. The highest BCUT2D eigenvalue weighted by Gasteiger charge is 2.08. The molecule has 5 nitrogen and oxygen atoms in total. The van der Waals surface area contributed by atoms with Crippen LogP contribution in [0.2, 0.25) is 0 Å². The van der Waals surface area contributed by atoms with E-state index < -0.39 is 115 Å². The Morgan fingerprint density at radius 1 is 1.28 bits per heavy atom. The Balaban J connectivity index is 2.04. The summed E-state index contributed by atoms with van der Waals surface area (Å²) in [6.45, 7) is 1.28. The summed E-state index contributed by atoms with van der Waals surface area (Å²) in [4.78, 5) is 16.5. The minimum absolute atomic E-state index is 0.0508. The summed E-state index contributed by atoms with van der Waals surface area (Å²) in [7, 11) is 0. The van der Waals surface area contributed by atoms with Crippen molar-refractivity contribution in [1.29, 1.82) is 0 Å². The highest BCUT2D eigenvalue weighted by Crippen LogP contribution is 2.21. The number of nitrogens with one attached hydrogen (secondary N) is 1. The summed E-state index contributed by atoms with van der Waals surface area (Å²) in [6, 6.07) is -7.19. The molecule has 3 rings (SSSR count). The van der Waals surface area contributed by atoms with Gasteiger partial charge in [0.1, 0.15) is 0 Å². The van der Waals surface area contributed by atoms with Crippen LogP contribution < -0.4 is 11.1 Å². The van der Waals surface area contributed by atoms with Gasteiger partial charge in [-0.05, 0) is 49.3 Å². The molecular formula is C23H27N3O2S. The van der Waals surface area contributed by atoms with Gasteiger partial charge < -0.3 is 16.2 Å². The smallest absolute Gasteiger partial charge is 0.230 e. The summed E-state index contributed by atoms with van der Waals surface area (Å²) >= 11 is 0.838. The van der Waals surface area contributed by atoms with E-state index in [0.717, 1.165) is 16.7 Å². The van der Waals surface area contributed by atoms with Crippen LogP contribution in [0.25, 0.3) is 0 Å². The molecule has 29 heavy (non-hydrogen) atoms. The van der Waals surface area contributed by atoms with Gasteiger partial charge >= 0.3 is 0 Å². The number of nitrogen functional groups attached to an aromatic ring is 1. The molecule has 6 heteroatoms. The predicted molar refractivity (Wildman–Crippen MR) is 119 cm³/mol. The van der Waals surface area contributed by atoms with E-state index in [-0.39, 0.29) is 10.7 Å². The number of aliphatic hydroxyl groups excluding tert-OH is 1. The van der Waals surface area contributed by atoms with Crippen LogP contribution in [0.4, 0.5) is 10.8 Å². The average Bonchev–Trinajstić information content (AvgIpc) is 3.38. The number of hydrogen-bond acceptors (Lipinski definition) is 5. The topological polar surface area (TPSA) is 88.2 Å². The lowest BCUT2D eigenvalue weighted by Crippen LogP contribution is -2.14. The highest BCUT2D eigenvalue weighted by molar-refractivity contribution is 7.13. The number of anilines is 2. The van der Waals surface area contributed by atoms with Gasteiger partial charge in [-0.15, -0.1) is 11.3 Å². The van der Waals surface area contributed by atoms with Crippen LogP contribution in [0.1, 0.15) is 69.6 Å². The zero-order valence-electron chi connectivity index (χ0n) is 31.2. The fourth-order valence-electron chi connectivity index (χ4n) is 1.95. The van der Waals surface area contributed by atoms with Gasteiger partial charge in [0.2, 0.25) is 5.91 Å². The Labute approximate surface area is 198 Å². The Hall–Kier alpha value is -2.70. The van der Waals surface area contributed by atoms with Crippen LogP contribution in [0.15, 0.2) is 53.7 Å². The lowest BCUT2D eigenvalue weighted by atomic mass is 10.0. The van der Waals surface area contributed by atoms with Crippen molar-refractivity contribution in [3.63, 3.8) is 0 Å². The van der Waals surface area contributed by atoms with Gasteiger partial charge in [-0.25, -0.2) is 4.98 Å². The molecule has 0 fully saturated rings. The molecule has 0 bridgehead atoms. The van der Waals surface area contributed by atoms with E-state index in [1.165, 1.54) is 6.92 Å². The molecule has 0 unspecified atom stereocenters. The Morgan fingerprint density at radius 3 is 2.66 bits per heavy atom. The normalized spacial score (nSPS) is 21.9. The number of hydrogen-bond donors (Lipinski definition) is 3. The van der Waals surface area contributed by atoms with Crippen LogP contribution in [0.3, 0.4) is 0 Å². The molecule has 0 radical (unpaired) electrons. The van der Waals surface area contributed by atoms with Crippen molar-refractivity contribution in [1.82, 2.24) is 4.98 Å². The Kier molecular flexibility index (Phi) is 3.01. The summed E-state index contributed by atoms with van der Waals surface area (Å²) in [5.41, 5.74) is 2.20. The quantitative estimate of drug-likeness (QED) is 0.465. The van der Waals surface area contributed by atoms with Crippen molar-refractivity contribution in [3.05, 3.63) is 76.1 Å². The van der Waals surface area contributed by atoms with Gasteiger partial charge in [-0.1, -0.05) is 48.2 Å². The first kappa shape index (κ1) is 8.58. The van der Waals surface area contributed by atoms with Crippen molar-refractivity contribution in [3.8, 4) is 0 Å². The van der Waals surface area contributed by atoms with Crippen molar-refractivity contribution in [2.75, 3.05) is 11.1 Å². The third kappa shape index (κ3) is 6.69. The first-order valence-electron chi connectivity index (χ1n) is 16.2. The maximum absolute atomic E-state index is 12.8. The van der Waals surface area contributed by atoms with E-state index in [1.54, 1.807) is 0 Å². The summed E-state index contributed by atoms with van der Waals surface area (Å²) in [5, 5.41) is 13.9. The molecule has 152 valence electrons. The van der Waals surface area contributed by atoms with Gasteiger partial charge in [0.05, 0.1) is 29.1 Å². The number of benzene rings is 2. The van der Waals surface area contributed by atoms with E-state index in [0.29, 0.717) is 0 Å². The molecule has 0 spiro atoms. The fourth-order valence-corrected chi connectivity index (χ4v) is 2.44. The molecule has 0 aliphatic carbocycles. The third-order valence-electron chi connectivity index (χ3n) is 3.27. The van der Waals surface area contributed by atoms with Crippen LogP contribution in [0.5, 0.6) is 0 Å². The molecule has 1 amide bonds. The number of nitrogens with two attached hydrogens (primary N) is 1. The summed E-state index contributed by atoms with van der Waals surface area (Å²) < 4.78 is 132. The van der Waals surface area contributed by atoms with E-state index in [4.69, 9.17) is 27.7 Å². The molecular weight excluding hydrogens is 382 g/mol. The second kappa shape index (κ2) is 10.2. The molecule has 2 aromatic carbocycles. The first-order chi connectivity index (χ1) is 20.3. The van der Waals surface area contributed by atoms with Gasteiger partial charge in [0.15, 0.2) is 5.13 Å². The van der Waals surface area contributed by atoms with E-state index >= 15 is 0 Å². The number of aromatic nitrogens is 1. The number of thiazole rings is 1. The molecule has 1 heterocycles. The number of amides is 1. The van der Waals surface area contributed by atoms with Crippen LogP contribution in [0, 0.1) is 6.92 Å². The number of nitrogens with zero attached hydrogens (tertiary/aromatic N) is 1. The summed E-state index contributed by atoms with van der Waals surface area (Å²) in [5.74, 6) is -1.45. The zero-order valence-corrected chi connectivity index (χ0v) is 16.0. The van der Waals surface area contributed by atoms with E-state index in [9.17, 15) is 9.90 Å². The second-order valence-corrected chi connectivity index (χ2v) is 6.41.